The molecule has 0 fully saturated rings. The van der Waals surface area contributed by atoms with Crippen molar-refractivity contribution in [1.29, 1.82) is 0 Å². The zero-order valence-electron chi connectivity index (χ0n) is 16.9. The van der Waals surface area contributed by atoms with Crippen LogP contribution in [0.15, 0.2) is 77.7 Å². The molecule has 0 aromatic heterocycles. The fraction of sp³-hybridized carbons (Fsp3) is 0.280. The SMILES string of the molecule is CC(C)c1ccc(N(c2ccc(S)cc2)c2ccc(C(C)(C)C)cc2)cc1. The van der Waals surface area contributed by atoms with E-state index < -0.39 is 0 Å². The first-order valence-electron chi connectivity index (χ1n) is 9.55. The van der Waals surface area contributed by atoms with Gasteiger partial charge in [0.15, 0.2) is 0 Å². The van der Waals surface area contributed by atoms with Gasteiger partial charge in [-0.2, -0.15) is 0 Å². The molecule has 0 radical (unpaired) electrons. The topological polar surface area (TPSA) is 3.24 Å². The second kappa shape index (κ2) is 7.82. The van der Waals surface area contributed by atoms with E-state index in [1.165, 1.54) is 11.1 Å². The van der Waals surface area contributed by atoms with Crippen LogP contribution in [0.4, 0.5) is 17.1 Å². The van der Waals surface area contributed by atoms with Crippen LogP contribution >= 0.6 is 12.6 Å². The Morgan fingerprint density at radius 2 is 1.07 bits per heavy atom. The molecule has 0 bridgehead atoms. The third-order valence-electron chi connectivity index (χ3n) is 4.92. The summed E-state index contributed by atoms with van der Waals surface area (Å²) in [6, 6.07) is 26.1. The van der Waals surface area contributed by atoms with Crippen LogP contribution < -0.4 is 4.90 Å². The van der Waals surface area contributed by atoms with Crippen LogP contribution in [-0.2, 0) is 5.41 Å². The molecule has 0 aliphatic heterocycles. The van der Waals surface area contributed by atoms with Crippen molar-refractivity contribution < 1.29 is 0 Å². The fourth-order valence-corrected chi connectivity index (χ4v) is 3.32. The van der Waals surface area contributed by atoms with Crippen LogP contribution in [-0.4, -0.2) is 0 Å². The van der Waals surface area contributed by atoms with Crippen LogP contribution in [0.3, 0.4) is 0 Å². The summed E-state index contributed by atoms with van der Waals surface area (Å²) >= 11 is 4.44. The number of nitrogens with zero attached hydrogens (tertiary/aromatic N) is 1. The zero-order valence-corrected chi connectivity index (χ0v) is 17.8. The summed E-state index contributed by atoms with van der Waals surface area (Å²) in [6.07, 6.45) is 0. The van der Waals surface area contributed by atoms with Gasteiger partial charge in [-0.15, -0.1) is 12.6 Å². The molecule has 3 aromatic carbocycles. The lowest BCUT2D eigenvalue weighted by Gasteiger charge is -2.27. The van der Waals surface area contributed by atoms with E-state index in [0.717, 1.165) is 22.0 Å². The minimum absolute atomic E-state index is 0.149. The van der Waals surface area contributed by atoms with E-state index in [9.17, 15) is 0 Å². The van der Waals surface area contributed by atoms with E-state index in [-0.39, 0.29) is 5.41 Å². The van der Waals surface area contributed by atoms with Crippen molar-refractivity contribution in [2.45, 2.75) is 50.8 Å². The molecule has 27 heavy (non-hydrogen) atoms. The highest BCUT2D eigenvalue weighted by Crippen LogP contribution is 2.36. The molecule has 0 unspecified atom stereocenters. The molecule has 140 valence electrons. The minimum Gasteiger partial charge on any atom is -0.311 e. The maximum atomic E-state index is 4.44. The largest absolute Gasteiger partial charge is 0.311 e. The normalized spacial score (nSPS) is 11.7. The summed E-state index contributed by atoms with van der Waals surface area (Å²) in [7, 11) is 0. The highest BCUT2D eigenvalue weighted by molar-refractivity contribution is 7.80. The van der Waals surface area contributed by atoms with Gasteiger partial charge in [-0.25, -0.2) is 0 Å². The van der Waals surface area contributed by atoms with Crippen LogP contribution in [0.2, 0.25) is 0 Å². The summed E-state index contributed by atoms with van der Waals surface area (Å²) in [6.45, 7) is 11.2. The van der Waals surface area contributed by atoms with Gasteiger partial charge in [0.25, 0.3) is 0 Å². The smallest absolute Gasteiger partial charge is 0.0462 e. The van der Waals surface area contributed by atoms with E-state index >= 15 is 0 Å². The second-order valence-electron chi connectivity index (χ2n) is 8.39. The fourth-order valence-electron chi connectivity index (χ4n) is 3.17. The Labute approximate surface area is 169 Å². The Morgan fingerprint density at radius 3 is 1.48 bits per heavy atom. The van der Waals surface area contributed by atoms with Crippen LogP contribution in [0.25, 0.3) is 0 Å². The minimum atomic E-state index is 0.149. The highest BCUT2D eigenvalue weighted by atomic mass is 32.1. The third kappa shape index (κ3) is 4.56. The Morgan fingerprint density at radius 1 is 0.667 bits per heavy atom. The summed E-state index contributed by atoms with van der Waals surface area (Å²) < 4.78 is 0. The summed E-state index contributed by atoms with van der Waals surface area (Å²) in [5.41, 5.74) is 6.30. The van der Waals surface area contributed by atoms with Crippen LogP contribution in [0.5, 0.6) is 0 Å². The van der Waals surface area contributed by atoms with Crippen LogP contribution in [0, 0.1) is 0 Å². The Kier molecular flexibility index (Phi) is 5.67. The average Bonchev–Trinajstić information content (AvgIpc) is 2.64. The van der Waals surface area contributed by atoms with Gasteiger partial charge in [-0.3, -0.25) is 0 Å². The maximum absolute atomic E-state index is 4.44. The summed E-state index contributed by atoms with van der Waals surface area (Å²) in [4.78, 5) is 3.26. The maximum Gasteiger partial charge on any atom is 0.0462 e. The average molecular weight is 376 g/mol. The Balaban J connectivity index is 2.06. The lowest BCUT2D eigenvalue weighted by molar-refractivity contribution is 0.590. The van der Waals surface area contributed by atoms with Crippen LogP contribution in [0.1, 0.15) is 51.7 Å². The Hall–Kier alpha value is -2.19. The molecule has 0 saturated heterocycles. The van der Waals surface area contributed by atoms with Crippen molar-refractivity contribution in [3.8, 4) is 0 Å². The van der Waals surface area contributed by atoms with Gasteiger partial charge in [-0.05, 0) is 71.0 Å². The second-order valence-corrected chi connectivity index (χ2v) is 8.91. The van der Waals surface area contributed by atoms with Crippen molar-refractivity contribution in [3.05, 3.63) is 83.9 Å². The van der Waals surface area contributed by atoms with Crippen molar-refractivity contribution in [2.75, 3.05) is 4.90 Å². The number of hydrogen-bond acceptors (Lipinski definition) is 2. The van der Waals surface area contributed by atoms with Gasteiger partial charge >= 0.3 is 0 Å². The first-order chi connectivity index (χ1) is 12.8. The monoisotopic (exact) mass is 375 g/mol. The number of benzene rings is 3. The predicted octanol–water partition coefficient (Wildman–Crippen LogP) is 7.87. The van der Waals surface area contributed by atoms with Crippen molar-refractivity contribution >= 4 is 29.7 Å². The number of hydrogen-bond donors (Lipinski definition) is 1. The van der Waals surface area contributed by atoms with Gasteiger partial charge in [0, 0.05) is 22.0 Å². The molecule has 1 nitrogen and oxygen atoms in total. The number of anilines is 3. The third-order valence-corrected chi connectivity index (χ3v) is 5.22. The molecule has 0 atom stereocenters. The number of thiol groups is 1. The van der Waals surface area contributed by atoms with Crippen molar-refractivity contribution in [2.24, 2.45) is 0 Å². The molecule has 0 saturated carbocycles. The molecule has 0 aliphatic carbocycles. The standard InChI is InChI=1S/C25H29NS/c1-18(2)19-6-10-21(11-7-19)26(23-14-16-24(27)17-15-23)22-12-8-20(9-13-22)25(3,4)5/h6-18,27H,1-5H3. The molecular weight excluding hydrogens is 346 g/mol. The van der Waals surface area contributed by atoms with E-state index in [1.54, 1.807) is 0 Å². The molecule has 0 amide bonds. The van der Waals surface area contributed by atoms with E-state index in [2.05, 4.69) is 113 Å². The lowest BCUT2D eigenvalue weighted by Crippen LogP contribution is -2.13. The van der Waals surface area contributed by atoms with Gasteiger partial charge in [0.05, 0.1) is 0 Å². The van der Waals surface area contributed by atoms with Gasteiger partial charge in [0.2, 0.25) is 0 Å². The molecule has 3 rings (SSSR count). The zero-order chi connectivity index (χ0) is 19.6. The van der Waals surface area contributed by atoms with Gasteiger partial charge in [0.1, 0.15) is 0 Å². The molecule has 0 heterocycles. The van der Waals surface area contributed by atoms with Crippen molar-refractivity contribution in [3.63, 3.8) is 0 Å². The first-order valence-corrected chi connectivity index (χ1v) is 10.00. The van der Waals surface area contributed by atoms with Gasteiger partial charge < -0.3 is 4.90 Å². The van der Waals surface area contributed by atoms with E-state index in [1.807, 2.05) is 12.1 Å². The van der Waals surface area contributed by atoms with Gasteiger partial charge in [-0.1, -0.05) is 58.9 Å². The molecule has 3 aromatic rings. The highest BCUT2D eigenvalue weighted by Gasteiger charge is 2.16. The van der Waals surface area contributed by atoms with Crippen molar-refractivity contribution in [1.82, 2.24) is 0 Å². The predicted molar refractivity (Wildman–Crippen MR) is 121 cm³/mol. The molecule has 2 heteroatoms. The van der Waals surface area contributed by atoms with E-state index in [4.69, 9.17) is 0 Å². The molecule has 0 spiro atoms. The van der Waals surface area contributed by atoms with E-state index in [0.29, 0.717) is 5.92 Å². The Bertz CT molecular complexity index is 870. The molecular formula is C25H29NS. The number of rotatable bonds is 4. The molecule has 0 N–H and O–H groups in total. The summed E-state index contributed by atoms with van der Waals surface area (Å²) in [5, 5.41) is 0. The lowest BCUT2D eigenvalue weighted by atomic mass is 9.87. The summed E-state index contributed by atoms with van der Waals surface area (Å²) in [5.74, 6) is 0.530. The molecule has 0 aliphatic rings. The first kappa shape index (κ1) is 19.6. The quantitative estimate of drug-likeness (QED) is 0.454.